The molecule has 0 bridgehead atoms. The van der Waals surface area contributed by atoms with E-state index in [4.69, 9.17) is 10.5 Å². The first-order valence-corrected chi connectivity index (χ1v) is 4.35. The third-order valence-corrected chi connectivity index (χ3v) is 1.31. The van der Waals surface area contributed by atoms with E-state index < -0.39 is 11.6 Å². The van der Waals surface area contributed by atoms with Crippen LogP contribution in [0.3, 0.4) is 0 Å². The van der Waals surface area contributed by atoms with Crippen molar-refractivity contribution in [3.8, 4) is 0 Å². The molecule has 0 radical (unpaired) electrons. The van der Waals surface area contributed by atoms with Gasteiger partial charge < -0.3 is 10.5 Å². The summed E-state index contributed by atoms with van der Waals surface area (Å²) in [5, 5.41) is 0. The molecule has 0 unspecified atom stereocenters. The van der Waals surface area contributed by atoms with Crippen LogP contribution in [0.2, 0.25) is 0 Å². The first-order valence-electron chi connectivity index (χ1n) is 4.35. The lowest BCUT2D eigenvalue weighted by Crippen LogP contribution is -2.37. The summed E-state index contributed by atoms with van der Waals surface area (Å²) in [6.45, 7) is 7.50. The summed E-state index contributed by atoms with van der Waals surface area (Å²) in [6.07, 6.45) is 1.59. The van der Waals surface area contributed by atoms with E-state index in [0.29, 0.717) is 6.42 Å². The van der Waals surface area contributed by atoms with Gasteiger partial charge in [0.2, 0.25) is 0 Å². The van der Waals surface area contributed by atoms with Crippen molar-refractivity contribution in [1.82, 2.24) is 0 Å². The molecule has 0 heterocycles. The van der Waals surface area contributed by atoms with Crippen molar-refractivity contribution in [2.24, 2.45) is 5.73 Å². The number of hydrogen-bond acceptors (Lipinski definition) is 3. The fourth-order valence-electron chi connectivity index (χ4n) is 0.806. The fraction of sp³-hybridized carbons (Fsp3) is 0.889. The van der Waals surface area contributed by atoms with Crippen LogP contribution < -0.4 is 5.73 Å². The minimum atomic E-state index is -0.464. The van der Waals surface area contributed by atoms with Gasteiger partial charge in [0.05, 0.1) is 0 Å². The van der Waals surface area contributed by atoms with E-state index in [0.717, 1.165) is 6.42 Å². The molecular weight excluding hydrogens is 190 g/mol. The predicted molar refractivity (Wildman–Crippen MR) is 56.0 cm³/mol. The lowest BCUT2D eigenvalue weighted by atomic mass is 10.1. The average Bonchev–Trinajstić information content (AvgIpc) is 1.84. The summed E-state index contributed by atoms with van der Waals surface area (Å²) in [6, 6.07) is -0.464. The molecule has 0 aromatic heterocycles. The monoisotopic (exact) mass is 209 g/mol. The van der Waals surface area contributed by atoms with Crippen molar-refractivity contribution >= 4 is 18.4 Å². The molecule has 0 rings (SSSR count). The van der Waals surface area contributed by atoms with E-state index in [1.165, 1.54) is 0 Å². The van der Waals surface area contributed by atoms with E-state index in [-0.39, 0.29) is 18.4 Å². The second-order valence-corrected chi connectivity index (χ2v) is 3.93. The van der Waals surface area contributed by atoms with Gasteiger partial charge in [-0.05, 0) is 27.2 Å². The highest BCUT2D eigenvalue weighted by Gasteiger charge is 2.20. The maximum Gasteiger partial charge on any atom is 0.323 e. The molecule has 0 amide bonds. The van der Waals surface area contributed by atoms with Gasteiger partial charge in [-0.25, -0.2) is 0 Å². The minimum absolute atomic E-state index is 0. The molecule has 80 valence electrons. The predicted octanol–water partition coefficient (Wildman–Crippen LogP) is 1.88. The van der Waals surface area contributed by atoms with Crippen LogP contribution >= 0.6 is 12.4 Å². The third kappa shape index (κ3) is 8.06. The van der Waals surface area contributed by atoms with Crippen molar-refractivity contribution in [1.29, 1.82) is 0 Å². The Balaban J connectivity index is 0. The zero-order chi connectivity index (χ0) is 9.78. The summed E-state index contributed by atoms with van der Waals surface area (Å²) < 4.78 is 5.09. The van der Waals surface area contributed by atoms with Gasteiger partial charge in [0.25, 0.3) is 0 Å². The lowest BCUT2D eigenvalue weighted by molar-refractivity contribution is -0.156. The molecule has 0 aliphatic heterocycles. The number of carbonyl (C=O) groups is 1. The minimum Gasteiger partial charge on any atom is -0.459 e. The van der Waals surface area contributed by atoms with Crippen LogP contribution in [0.25, 0.3) is 0 Å². The molecule has 4 heteroatoms. The number of nitrogens with two attached hydrogens (primary N) is 1. The van der Waals surface area contributed by atoms with Crippen LogP contribution in [0.15, 0.2) is 0 Å². The number of esters is 1. The summed E-state index contributed by atoms with van der Waals surface area (Å²) in [7, 11) is 0. The number of halogens is 1. The molecule has 0 aliphatic rings. The van der Waals surface area contributed by atoms with Gasteiger partial charge in [0.15, 0.2) is 0 Å². The zero-order valence-corrected chi connectivity index (χ0v) is 9.61. The maximum absolute atomic E-state index is 11.2. The molecule has 0 saturated carbocycles. The van der Waals surface area contributed by atoms with Crippen molar-refractivity contribution in [3.05, 3.63) is 0 Å². The van der Waals surface area contributed by atoms with E-state index >= 15 is 0 Å². The summed E-state index contributed by atoms with van der Waals surface area (Å²) in [4.78, 5) is 11.2. The number of ether oxygens (including phenoxy) is 1. The Morgan fingerprint density at radius 3 is 2.23 bits per heavy atom. The van der Waals surface area contributed by atoms with E-state index in [2.05, 4.69) is 0 Å². The van der Waals surface area contributed by atoms with Gasteiger partial charge in [0.1, 0.15) is 11.6 Å². The Morgan fingerprint density at radius 1 is 1.46 bits per heavy atom. The van der Waals surface area contributed by atoms with Gasteiger partial charge in [-0.3, -0.25) is 4.79 Å². The molecule has 0 aromatic rings. The van der Waals surface area contributed by atoms with Crippen LogP contribution in [-0.4, -0.2) is 17.6 Å². The molecule has 3 nitrogen and oxygen atoms in total. The van der Waals surface area contributed by atoms with Crippen LogP contribution in [0.1, 0.15) is 40.5 Å². The van der Waals surface area contributed by atoms with Crippen molar-refractivity contribution in [2.45, 2.75) is 52.2 Å². The van der Waals surface area contributed by atoms with E-state index in [9.17, 15) is 4.79 Å². The van der Waals surface area contributed by atoms with Gasteiger partial charge >= 0.3 is 5.97 Å². The lowest BCUT2D eigenvalue weighted by Gasteiger charge is -2.21. The Morgan fingerprint density at radius 2 is 1.92 bits per heavy atom. The van der Waals surface area contributed by atoms with Crippen LogP contribution in [0, 0.1) is 0 Å². The van der Waals surface area contributed by atoms with E-state index in [1.807, 2.05) is 27.7 Å². The first-order chi connectivity index (χ1) is 5.37. The molecule has 13 heavy (non-hydrogen) atoms. The molecule has 2 N–H and O–H groups in total. The summed E-state index contributed by atoms with van der Waals surface area (Å²) in [5.41, 5.74) is 5.13. The molecule has 0 saturated heterocycles. The Labute approximate surface area is 86.4 Å². The molecular formula is C9H20ClNO2. The smallest absolute Gasteiger partial charge is 0.323 e. The summed E-state index contributed by atoms with van der Waals surface area (Å²) >= 11 is 0. The molecule has 0 spiro atoms. The number of rotatable bonds is 3. The maximum atomic E-state index is 11.2. The molecule has 0 aromatic carbocycles. The molecule has 1 atom stereocenters. The third-order valence-electron chi connectivity index (χ3n) is 1.31. The van der Waals surface area contributed by atoms with Crippen molar-refractivity contribution in [3.63, 3.8) is 0 Å². The topological polar surface area (TPSA) is 52.3 Å². The number of carbonyl (C=O) groups excluding carboxylic acids is 1. The second kappa shape index (κ2) is 6.22. The van der Waals surface area contributed by atoms with Crippen molar-refractivity contribution in [2.75, 3.05) is 0 Å². The van der Waals surface area contributed by atoms with Crippen molar-refractivity contribution < 1.29 is 9.53 Å². The second-order valence-electron chi connectivity index (χ2n) is 3.93. The average molecular weight is 210 g/mol. The fourth-order valence-corrected chi connectivity index (χ4v) is 0.806. The molecule has 0 aliphatic carbocycles. The highest BCUT2D eigenvalue weighted by molar-refractivity contribution is 5.85. The van der Waals surface area contributed by atoms with Gasteiger partial charge in [0, 0.05) is 0 Å². The van der Waals surface area contributed by atoms with Crippen LogP contribution in [0.4, 0.5) is 0 Å². The zero-order valence-electron chi connectivity index (χ0n) is 8.79. The Kier molecular flexibility index (Phi) is 7.27. The normalized spacial score (nSPS) is 13.0. The SMILES string of the molecule is CCC[C@H](N)C(=O)OC(C)(C)C.Cl. The van der Waals surface area contributed by atoms with Crippen LogP contribution in [0.5, 0.6) is 0 Å². The van der Waals surface area contributed by atoms with Gasteiger partial charge in [-0.1, -0.05) is 13.3 Å². The Hall–Kier alpha value is -0.280. The highest BCUT2D eigenvalue weighted by atomic mass is 35.5. The quantitative estimate of drug-likeness (QED) is 0.723. The first kappa shape index (κ1) is 15.2. The summed E-state index contributed by atoms with van der Waals surface area (Å²) in [5.74, 6) is -0.302. The van der Waals surface area contributed by atoms with E-state index in [1.54, 1.807) is 0 Å². The highest BCUT2D eigenvalue weighted by Crippen LogP contribution is 2.09. The Bertz CT molecular complexity index is 154. The van der Waals surface area contributed by atoms with Gasteiger partial charge in [-0.15, -0.1) is 12.4 Å². The largest absolute Gasteiger partial charge is 0.459 e. The molecule has 0 fully saturated rings. The standard InChI is InChI=1S/C9H19NO2.ClH/c1-5-6-7(10)8(11)12-9(2,3)4;/h7H,5-6,10H2,1-4H3;1H/t7-;/m0./s1. The number of hydrogen-bond donors (Lipinski definition) is 1. The van der Waals surface area contributed by atoms with Gasteiger partial charge in [-0.2, -0.15) is 0 Å². The van der Waals surface area contributed by atoms with Crippen LogP contribution in [-0.2, 0) is 9.53 Å².